The molecule has 0 saturated heterocycles. The molecule has 1 aromatic rings. The molecule has 1 aromatic carbocycles. The average molecular weight is 343 g/mol. The van der Waals surface area contributed by atoms with Gasteiger partial charge in [0.2, 0.25) is 0 Å². The molecule has 4 nitrogen and oxygen atoms in total. The van der Waals surface area contributed by atoms with Gasteiger partial charge in [-0.05, 0) is 40.8 Å². The zero-order valence-corrected chi connectivity index (χ0v) is 10.8. The molecule has 0 aromatic heterocycles. The Labute approximate surface area is 111 Å². The third-order valence-electron chi connectivity index (χ3n) is 1.97. The van der Waals surface area contributed by atoms with E-state index in [-0.39, 0.29) is 18.7 Å². The van der Waals surface area contributed by atoms with Crippen molar-refractivity contribution in [2.45, 2.75) is 0 Å². The van der Waals surface area contributed by atoms with E-state index in [1.807, 2.05) is 34.7 Å². The maximum Gasteiger partial charge on any atom is 0.256 e. The van der Waals surface area contributed by atoms with Crippen molar-refractivity contribution in [1.29, 1.82) is 10.5 Å². The maximum atomic E-state index is 12.9. The second-order valence-corrected chi connectivity index (χ2v) is 4.26. The molecule has 0 unspecified atom stereocenters. The van der Waals surface area contributed by atoms with Crippen LogP contribution >= 0.6 is 22.6 Å². The highest BCUT2D eigenvalue weighted by atomic mass is 127. The zero-order chi connectivity index (χ0) is 12.8. The molecular weight excluding hydrogens is 336 g/mol. The van der Waals surface area contributed by atoms with Crippen molar-refractivity contribution in [2.24, 2.45) is 0 Å². The molecule has 86 valence electrons. The summed E-state index contributed by atoms with van der Waals surface area (Å²) in [5.74, 6) is -0.879. The van der Waals surface area contributed by atoms with Crippen LogP contribution in [0.5, 0.6) is 0 Å². The number of halogens is 2. The van der Waals surface area contributed by atoms with Crippen molar-refractivity contribution in [3.05, 3.63) is 33.1 Å². The van der Waals surface area contributed by atoms with E-state index < -0.39 is 11.7 Å². The highest BCUT2D eigenvalue weighted by molar-refractivity contribution is 14.1. The summed E-state index contributed by atoms with van der Waals surface area (Å²) in [4.78, 5) is 13.1. The second-order valence-electron chi connectivity index (χ2n) is 3.10. The molecule has 0 N–H and O–H groups in total. The molecule has 0 aliphatic heterocycles. The zero-order valence-electron chi connectivity index (χ0n) is 8.65. The molecule has 0 atom stereocenters. The van der Waals surface area contributed by atoms with Gasteiger partial charge in [-0.2, -0.15) is 10.5 Å². The largest absolute Gasteiger partial charge is 0.312 e. The lowest BCUT2D eigenvalue weighted by molar-refractivity contribution is 0.0793. The van der Waals surface area contributed by atoms with Gasteiger partial charge in [0.15, 0.2) is 0 Å². The normalized spacial score (nSPS) is 9.18. The van der Waals surface area contributed by atoms with Crippen LogP contribution < -0.4 is 0 Å². The number of hydrogen-bond donors (Lipinski definition) is 0. The Morgan fingerprint density at radius 1 is 1.35 bits per heavy atom. The Morgan fingerprint density at radius 2 is 1.94 bits per heavy atom. The van der Waals surface area contributed by atoms with Crippen molar-refractivity contribution in [2.75, 3.05) is 13.1 Å². The van der Waals surface area contributed by atoms with Crippen LogP contribution in [0.4, 0.5) is 4.39 Å². The molecule has 1 amide bonds. The number of carbonyl (C=O) groups excluding carboxylic acids is 1. The molecule has 1 rings (SSSR count). The van der Waals surface area contributed by atoms with E-state index in [4.69, 9.17) is 10.5 Å². The first-order valence-corrected chi connectivity index (χ1v) is 5.66. The van der Waals surface area contributed by atoms with Crippen LogP contribution in [0.15, 0.2) is 18.2 Å². The number of nitrogens with zero attached hydrogens (tertiary/aromatic N) is 3. The van der Waals surface area contributed by atoms with Crippen LogP contribution in [0.25, 0.3) is 0 Å². The van der Waals surface area contributed by atoms with E-state index in [2.05, 4.69) is 0 Å². The lowest BCUT2D eigenvalue weighted by atomic mass is 10.2. The summed E-state index contributed by atoms with van der Waals surface area (Å²) in [5, 5.41) is 17.1. The van der Waals surface area contributed by atoms with Crippen molar-refractivity contribution in [3.63, 3.8) is 0 Å². The van der Waals surface area contributed by atoms with Crippen LogP contribution in [0.3, 0.4) is 0 Å². The Balaban J connectivity index is 3.02. The predicted molar refractivity (Wildman–Crippen MR) is 66.2 cm³/mol. The number of hydrogen-bond acceptors (Lipinski definition) is 3. The highest BCUT2D eigenvalue weighted by Crippen LogP contribution is 2.15. The molecule has 0 fully saturated rings. The fourth-order valence-electron chi connectivity index (χ4n) is 1.20. The Morgan fingerprint density at radius 3 is 2.41 bits per heavy atom. The smallest absolute Gasteiger partial charge is 0.256 e. The van der Waals surface area contributed by atoms with E-state index in [1.165, 1.54) is 18.2 Å². The van der Waals surface area contributed by atoms with Crippen LogP contribution in [0, 0.1) is 32.0 Å². The summed E-state index contributed by atoms with van der Waals surface area (Å²) in [5.41, 5.74) is 0.289. The summed E-state index contributed by atoms with van der Waals surface area (Å²) < 4.78 is 13.3. The number of carbonyl (C=O) groups is 1. The van der Waals surface area contributed by atoms with E-state index in [0.717, 1.165) is 4.90 Å². The first-order chi connectivity index (χ1) is 8.10. The third kappa shape index (κ3) is 3.40. The predicted octanol–water partition coefficient (Wildman–Crippen LogP) is 1.92. The summed E-state index contributed by atoms with van der Waals surface area (Å²) >= 11 is 1.84. The van der Waals surface area contributed by atoms with Crippen molar-refractivity contribution < 1.29 is 9.18 Å². The van der Waals surface area contributed by atoms with Gasteiger partial charge in [-0.25, -0.2) is 4.39 Å². The van der Waals surface area contributed by atoms with Gasteiger partial charge in [0.1, 0.15) is 18.9 Å². The summed E-state index contributed by atoms with van der Waals surface area (Å²) in [6, 6.07) is 7.37. The van der Waals surface area contributed by atoms with Crippen LogP contribution in [-0.4, -0.2) is 23.9 Å². The van der Waals surface area contributed by atoms with Crippen molar-refractivity contribution in [3.8, 4) is 12.1 Å². The molecule has 0 heterocycles. The monoisotopic (exact) mass is 343 g/mol. The summed E-state index contributed by atoms with van der Waals surface area (Å²) in [6.07, 6.45) is 0. The van der Waals surface area contributed by atoms with Crippen molar-refractivity contribution in [1.82, 2.24) is 4.90 Å². The second kappa shape index (κ2) is 6.16. The quantitative estimate of drug-likeness (QED) is 0.622. The topological polar surface area (TPSA) is 67.9 Å². The lowest BCUT2D eigenvalue weighted by Crippen LogP contribution is -2.32. The van der Waals surface area contributed by atoms with Gasteiger partial charge in [0.25, 0.3) is 5.91 Å². The molecule has 0 saturated carbocycles. The minimum atomic E-state index is -0.447. The van der Waals surface area contributed by atoms with E-state index in [0.29, 0.717) is 3.57 Å². The van der Waals surface area contributed by atoms with Crippen molar-refractivity contribution >= 4 is 28.5 Å². The summed E-state index contributed by atoms with van der Waals surface area (Å²) in [7, 11) is 0. The Kier molecular flexibility index (Phi) is 4.85. The minimum absolute atomic E-state index is 0.167. The Bertz CT molecular complexity index is 502. The molecular formula is C11H7FIN3O. The van der Waals surface area contributed by atoms with Crippen LogP contribution in [-0.2, 0) is 0 Å². The molecule has 0 spiro atoms. The van der Waals surface area contributed by atoms with Gasteiger partial charge in [-0.3, -0.25) is 4.79 Å². The fraction of sp³-hybridized carbons (Fsp3) is 0.182. The van der Waals surface area contributed by atoms with E-state index in [1.54, 1.807) is 0 Å². The minimum Gasteiger partial charge on any atom is -0.312 e. The number of nitriles is 2. The van der Waals surface area contributed by atoms with E-state index >= 15 is 0 Å². The van der Waals surface area contributed by atoms with Crippen LogP contribution in [0.1, 0.15) is 10.4 Å². The van der Waals surface area contributed by atoms with Gasteiger partial charge >= 0.3 is 0 Å². The Hall–Kier alpha value is -1.67. The third-order valence-corrected chi connectivity index (χ3v) is 2.86. The number of benzene rings is 1. The summed E-state index contributed by atoms with van der Waals surface area (Å²) in [6.45, 7) is -0.334. The van der Waals surface area contributed by atoms with Gasteiger partial charge in [0, 0.05) is 3.57 Å². The number of amides is 1. The van der Waals surface area contributed by atoms with E-state index in [9.17, 15) is 9.18 Å². The highest BCUT2D eigenvalue weighted by Gasteiger charge is 2.17. The van der Waals surface area contributed by atoms with Gasteiger partial charge in [-0.15, -0.1) is 0 Å². The lowest BCUT2D eigenvalue weighted by Gasteiger charge is -2.16. The molecule has 0 aliphatic carbocycles. The standard InChI is InChI=1S/C11H7FIN3O/c12-8-1-2-9(10(13)7-8)11(17)16(5-3-14)6-4-15/h1-2,7H,5-6H2. The maximum absolute atomic E-state index is 12.9. The van der Waals surface area contributed by atoms with Gasteiger partial charge in [0.05, 0.1) is 17.7 Å². The SMILES string of the molecule is N#CCN(CC#N)C(=O)c1ccc(F)cc1I. The first-order valence-electron chi connectivity index (χ1n) is 4.58. The number of rotatable bonds is 3. The fourth-order valence-corrected chi connectivity index (χ4v) is 1.91. The van der Waals surface area contributed by atoms with Gasteiger partial charge < -0.3 is 4.90 Å². The first kappa shape index (κ1) is 13.4. The molecule has 0 bridgehead atoms. The van der Waals surface area contributed by atoms with Crippen LogP contribution in [0.2, 0.25) is 0 Å². The molecule has 17 heavy (non-hydrogen) atoms. The van der Waals surface area contributed by atoms with Gasteiger partial charge in [-0.1, -0.05) is 0 Å². The molecule has 0 radical (unpaired) electrons. The average Bonchev–Trinajstić information content (AvgIpc) is 2.28. The molecule has 6 heteroatoms. The molecule has 0 aliphatic rings.